The summed E-state index contributed by atoms with van der Waals surface area (Å²) in [6.07, 6.45) is 0. The molecule has 0 amide bonds. The van der Waals surface area contributed by atoms with Crippen LogP contribution in [0.5, 0.6) is 5.75 Å². The molecule has 0 aliphatic rings. The van der Waals surface area contributed by atoms with E-state index in [4.69, 9.17) is 10.5 Å². The molecule has 0 heterocycles. The molecule has 0 radical (unpaired) electrons. The minimum Gasteiger partial charge on any atom is -0.491 e. The summed E-state index contributed by atoms with van der Waals surface area (Å²) < 4.78 is 5.91. The van der Waals surface area contributed by atoms with Gasteiger partial charge >= 0.3 is 0 Å². The maximum Gasteiger partial charge on any atom is 0.127 e. The standard InChI is InChI=1S/C18H17NO/c19-17(15-8-2-1-3-9-15)13-20-18-12-6-10-14-7-4-5-11-16(14)18/h1-12,17H,13,19H2. The zero-order valence-electron chi connectivity index (χ0n) is 11.2. The van der Waals surface area contributed by atoms with Gasteiger partial charge in [0, 0.05) is 5.39 Å². The SMILES string of the molecule is NC(COc1cccc2ccccc12)c1ccccc1. The Balaban J connectivity index is 1.77. The molecule has 2 heteroatoms. The van der Waals surface area contributed by atoms with Gasteiger partial charge in [-0.15, -0.1) is 0 Å². The number of fused-ring (bicyclic) bond motifs is 1. The lowest BCUT2D eigenvalue weighted by Gasteiger charge is -2.14. The molecule has 0 aromatic heterocycles. The lowest BCUT2D eigenvalue weighted by Crippen LogP contribution is -2.18. The minimum absolute atomic E-state index is 0.116. The number of hydrogen-bond acceptors (Lipinski definition) is 2. The molecule has 20 heavy (non-hydrogen) atoms. The van der Waals surface area contributed by atoms with Gasteiger partial charge in [0.25, 0.3) is 0 Å². The molecule has 100 valence electrons. The van der Waals surface area contributed by atoms with Gasteiger partial charge in [0.05, 0.1) is 6.04 Å². The lowest BCUT2D eigenvalue weighted by atomic mass is 10.1. The second kappa shape index (κ2) is 5.76. The summed E-state index contributed by atoms with van der Waals surface area (Å²) in [5, 5.41) is 2.30. The predicted molar refractivity (Wildman–Crippen MR) is 82.8 cm³/mol. The van der Waals surface area contributed by atoms with Crippen molar-refractivity contribution in [3.63, 3.8) is 0 Å². The van der Waals surface area contributed by atoms with E-state index in [1.165, 1.54) is 5.39 Å². The molecule has 3 aromatic rings. The maximum atomic E-state index is 6.16. The Kier molecular flexibility index (Phi) is 3.66. The van der Waals surface area contributed by atoms with Gasteiger partial charge in [-0.05, 0) is 17.0 Å². The zero-order valence-corrected chi connectivity index (χ0v) is 11.2. The molecule has 2 nitrogen and oxygen atoms in total. The van der Waals surface area contributed by atoms with Crippen LogP contribution in [0.2, 0.25) is 0 Å². The average Bonchev–Trinajstić information content (AvgIpc) is 2.53. The van der Waals surface area contributed by atoms with Crippen LogP contribution in [0.1, 0.15) is 11.6 Å². The Bertz CT molecular complexity index is 689. The van der Waals surface area contributed by atoms with Gasteiger partial charge in [-0.1, -0.05) is 66.7 Å². The van der Waals surface area contributed by atoms with Crippen LogP contribution in [0.15, 0.2) is 72.8 Å². The topological polar surface area (TPSA) is 35.2 Å². The van der Waals surface area contributed by atoms with E-state index in [0.29, 0.717) is 6.61 Å². The average molecular weight is 263 g/mol. The molecule has 0 aliphatic heterocycles. The van der Waals surface area contributed by atoms with Gasteiger partial charge in [-0.3, -0.25) is 0 Å². The van der Waals surface area contributed by atoms with Crippen LogP contribution in [0, 0.1) is 0 Å². The summed E-state index contributed by atoms with van der Waals surface area (Å²) in [4.78, 5) is 0. The molecule has 1 atom stereocenters. The van der Waals surface area contributed by atoms with Crippen LogP contribution >= 0.6 is 0 Å². The fourth-order valence-corrected chi connectivity index (χ4v) is 2.30. The molecule has 0 saturated heterocycles. The summed E-state index contributed by atoms with van der Waals surface area (Å²) in [6, 6.07) is 24.2. The van der Waals surface area contributed by atoms with E-state index in [1.54, 1.807) is 0 Å². The van der Waals surface area contributed by atoms with Crippen molar-refractivity contribution >= 4 is 10.8 Å². The third kappa shape index (κ3) is 2.65. The Labute approximate surface area is 118 Å². The second-order valence-electron chi connectivity index (χ2n) is 4.81. The normalized spacial score (nSPS) is 12.2. The fraction of sp³-hybridized carbons (Fsp3) is 0.111. The Morgan fingerprint density at radius 3 is 2.35 bits per heavy atom. The van der Waals surface area contributed by atoms with Crippen molar-refractivity contribution in [3.05, 3.63) is 78.4 Å². The molecule has 0 spiro atoms. The first-order chi connectivity index (χ1) is 9.84. The summed E-state index contributed by atoms with van der Waals surface area (Å²) >= 11 is 0. The van der Waals surface area contributed by atoms with Gasteiger partial charge in [-0.25, -0.2) is 0 Å². The van der Waals surface area contributed by atoms with Crippen LogP contribution in [-0.4, -0.2) is 6.61 Å². The van der Waals surface area contributed by atoms with Crippen LogP contribution < -0.4 is 10.5 Å². The lowest BCUT2D eigenvalue weighted by molar-refractivity contribution is 0.294. The van der Waals surface area contributed by atoms with Crippen LogP contribution in [-0.2, 0) is 0 Å². The first-order valence-electron chi connectivity index (χ1n) is 6.76. The van der Waals surface area contributed by atoms with Crippen molar-refractivity contribution in [2.24, 2.45) is 5.73 Å². The third-order valence-corrected chi connectivity index (χ3v) is 3.40. The molecule has 0 saturated carbocycles. The predicted octanol–water partition coefficient (Wildman–Crippen LogP) is 3.92. The number of benzene rings is 3. The van der Waals surface area contributed by atoms with E-state index in [1.807, 2.05) is 54.6 Å². The highest BCUT2D eigenvalue weighted by Gasteiger charge is 2.07. The van der Waals surface area contributed by atoms with Crippen molar-refractivity contribution in [2.45, 2.75) is 6.04 Å². The van der Waals surface area contributed by atoms with Gasteiger partial charge in [0.2, 0.25) is 0 Å². The molecular weight excluding hydrogens is 246 g/mol. The first-order valence-corrected chi connectivity index (χ1v) is 6.76. The van der Waals surface area contributed by atoms with Gasteiger partial charge in [0.1, 0.15) is 12.4 Å². The number of ether oxygens (including phenoxy) is 1. The Morgan fingerprint density at radius 2 is 1.50 bits per heavy atom. The van der Waals surface area contributed by atoms with Crippen molar-refractivity contribution < 1.29 is 4.74 Å². The summed E-state index contributed by atoms with van der Waals surface area (Å²) in [5.41, 5.74) is 7.25. The highest BCUT2D eigenvalue weighted by molar-refractivity contribution is 5.88. The van der Waals surface area contributed by atoms with E-state index in [-0.39, 0.29) is 6.04 Å². The summed E-state index contributed by atoms with van der Waals surface area (Å²) in [6.45, 7) is 0.470. The van der Waals surface area contributed by atoms with Crippen LogP contribution in [0.3, 0.4) is 0 Å². The molecular formula is C18H17NO. The van der Waals surface area contributed by atoms with E-state index < -0.39 is 0 Å². The smallest absolute Gasteiger partial charge is 0.127 e. The van der Waals surface area contributed by atoms with Gasteiger partial charge in [-0.2, -0.15) is 0 Å². The quantitative estimate of drug-likeness (QED) is 0.774. The van der Waals surface area contributed by atoms with E-state index >= 15 is 0 Å². The monoisotopic (exact) mass is 263 g/mol. The Hall–Kier alpha value is -2.32. The highest BCUT2D eigenvalue weighted by atomic mass is 16.5. The fourth-order valence-electron chi connectivity index (χ4n) is 2.30. The van der Waals surface area contributed by atoms with E-state index in [9.17, 15) is 0 Å². The minimum atomic E-state index is -0.116. The van der Waals surface area contributed by atoms with E-state index in [0.717, 1.165) is 16.7 Å². The van der Waals surface area contributed by atoms with Crippen LogP contribution in [0.25, 0.3) is 10.8 Å². The number of rotatable bonds is 4. The molecule has 0 bridgehead atoms. The van der Waals surface area contributed by atoms with E-state index in [2.05, 4.69) is 18.2 Å². The Morgan fingerprint density at radius 1 is 0.800 bits per heavy atom. The van der Waals surface area contributed by atoms with Crippen molar-refractivity contribution in [1.82, 2.24) is 0 Å². The first kappa shape index (κ1) is 12.7. The zero-order chi connectivity index (χ0) is 13.8. The molecule has 0 aliphatic carbocycles. The maximum absolute atomic E-state index is 6.16. The van der Waals surface area contributed by atoms with Crippen LogP contribution in [0.4, 0.5) is 0 Å². The van der Waals surface area contributed by atoms with Crippen molar-refractivity contribution in [2.75, 3.05) is 6.61 Å². The summed E-state index contributed by atoms with van der Waals surface area (Å²) in [7, 11) is 0. The molecule has 1 unspecified atom stereocenters. The molecule has 0 fully saturated rings. The van der Waals surface area contributed by atoms with Crippen molar-refractivity contribution in [3.8, 4) is 5.75 Å². The second-order valence-corrected chi connectivity index (χ2v) is 4.81. The largest absolute Gasteiger partial charge is 0.491 e. The molecule has 3 aromatic carbocycles. The highest BCUT2D eigenvalue weighted by Crippen LogP contribution is 2.25. The molecule has 2 N–H and O–H groups in total. The van der Waals surface area contributed by atoms with Crippen molar-refractivity contribution in [1.29, 1.82) is 0 Å². The third-order valence-electron chi connectivity index (χ3n) is 3.40. The van der Waals surface area contributed by atoms with Gasteiger partial charge in [0.15, 0.2) is 0 Å². The molecule has 3 rings (SSSR count). The summed E-state index contributed by atoms with van der Waals surface area (Å²) in [5.74, 6) is 0.884. The number of hydrogen-bond donors (Lipinski definition) is 1. The number of nitrogens with two attached hydrogens (primary N) is 1. The van der Waals surface area contributed by atoms with Gasteiger partial charge < -0.3 is 10.5 Å².